The molecule has 7 nitrogen and oxygen atoms in total. The summed E-state index contributed by atoms with van der Waals surface area (Å²) in [4.78, 5) is 11.9. The maximum atomic E-state index is 13.2. The predicted molar refractivity (Wildman–Crippen MR) is 91.9 cm³/mol. The van der Waals surface area contributed by atoms with Crippen molar-refractivity contribution >= 4 is 15.9 Å². The Bertz CT molecular complexity index is 750. The molecular formula is C16H23F2N3O4S. The molecule has 2 rings (SSSR count). The van der Waals surface area contributed by atoms with E-state index < -0.39 is 34.9 Å². The molecule has 0 bridgehead atoms. The van der Waals surface area contributed by atoms with E-state index in [-0.39, 0.29) is 22.3 Å². The third-order valence-electron chi connectivity index (χ3n) is 4.20. The van der Waals surface area contributed by atoms with Crippen molar-refractivity contribution in [3.63, 3.8) is 0 Å². The van der Waals surface area contributed by atoms with E-state index in [1.54, 1.807) is 0 Å². The highest BCUT2D eigenvalue weighted by Crippen LogP contribution is 2.27. The topological polar surface area (TPSA) is 111 Å². The summed E-state index contributed by atoms with van der Waals surface area (Å²) in [6, 6.07) is 3.58. The molecule has 1 aliphatic rings. The van der Waals surface area contributed by atoms with Crippen molar-refractivity contribution in [2.75, 3.05) is 20.2 Å². The van der Waals surface area contributed by atoms with E-state index in [2.05, 4.69) is 10.0 Å². The maximum Gasteiger partial charge on any atom is 0.277 e. The Morgan fingerprint density at radius 1 is 1.35 bits per heavy atom. The van der Waals surface area contributed by atoms with Gasteiger partial charge < -0.3 is 15.8 Å². The fourth-order valence-electron chi connectivity index (χ4n) is 2.74. The third-order valence-corrected chi connectivity index (χ3v) is 5.74. The zero-order valence-corrected chi connectivity index (χ0v) is 15.2. The first-order valence-corrected chi connectivity index (χ1v) is 9.73. The number of hydrogen-bond acceptors (Lipinski definition) is 5. The number of ether oxygens (including phenoxy) is 1. The lowest BCUT2D eigenvalue weighted by atomic mass is 10.2. The fraction of sp³-hybridized carbons (Fsp3) is 0.562. The highest BCUT2D eigenvalue weighted by atomic mass is 32.2. The molecular weight excluding hydrogens is 368 g/mol. The average Bonchev–Trinajstić information content (AvgIpc) is 3.11. The number of nitrogens with two attached hydrogens (primary N) is 1. The van der Waals surface area contributed by atoms with E-state index in [9.17, 15) is 22.0 Å². The van der Waals surface area contributed by atoms with E-state index >= 15 is 0 Å². The van der Waals surface area contributed by atoms with Crippen molar-refractivity contribution < 1.29 is 26.7 Å². The van der Waals surface area contributed by atoms with Gasteiger partial charge in [0.1, 0.15) is 10.6 Å². The summed E-state index contributed by atoms with van der Waals surface area (Å²) >= 11 is 0. The summed E-state index contributed by atoms with van der Waals surface area (Å²) in [5.74, 6) is -3.99. The number of halogens is 2. The number of carbonyl (C=O) groups excluding carboxylic acids is 1. The quantitative estimate of drug-likeness (QED) is 0.618. The van der Waals surface area contributed by atoms with Crippen molar-refractivity contribution in [1.82, 2.24) is 10.0 Å². The second kappa shape index (κ2) is 8.28. The fourth-order valence-corrected chi connectivity index (χ4v) is 4.24. The monoisotopic (exact) mass is 391 g/mol. The van der Waals surface area contributed by atoms with Gasteiger partial charge in [0.25, 0.3) is 11.8 Å². The van der Waals surface area contributed by atoms with E-state index in [1.807, 2.05) is 0 Å². The van der Waals surface area contributed by atoms with Crippen LogP contribution in [-0.2, 0) is 10.0 Å². The minimum Gasteiger partial charge on any atom is -0.495 e. The van der Waals surface area contributed by atoms with Crippen LogP contribution >= 0.6 is 0 Å². The van der Waals surface area contributed by atoms with Gasteiger partial charge in [0.2, 0.25) is 10.0 Å². The number of sulfonamides is 1. The highest BCUT2D eigenvalue weighted by molar-refractivity contribution is 7.89. The Kier molecular flexibility index (Phi) is 6.53. The van der Waals surface area contributed by atoms with Gasteiger partial charge in [0.15, 0.2) is 0 Å². The van der Waals surface area contributed by atoms with Crippen molar-refractivity contribution in [2.24, 2.45) is 5.73 Å². The molecule has 1 amide bonds. The van der Waals surface area contributed by atoms with Crippen LogP contribution in [0.1, 0.15) is 36.0 Å². The second-order valence-electron chi connectivity index (χ2n) is 6.21. The molecule has 1 aromatic rings. The van der Waals surface area contributed by atoms with Gasteiger partial charge in [0.05, 0.1) is 20.2 Å². The zero-order chi connectivity index (χ0) is 19.4. The van der Waals surface area contributed by atoms with Gasteiger partial charge in [-0.25, -0.2) is 21.9 Å². The van der Waals surface area contributed by atoms with Gasteiger partial charge >= 0.3 is 0 Å². The van der Waals surface area contributed by atoms with Crippen molar-refractivity contribution in [3.8, 4) is 5.75 Å². The molecule has 0 aliphatic heterocycles. The van der Waals surface area contributed by atoms with Gasteiger partial charge in [0, 0.05) is 11.6 Å². The van der Waals surface area contributed by atoms with E-state index in [1.165, 1.54) is 19.2 Å². The number of nitrogens with one attached hydrogen (secondary N) is 2. The summed E-state index contributed by atoms with van der Waals surface area (Å²) in [5, 5.41) is 2.05. The van der Waals surface area contributed by atoms with Crippen LogP contribution in [0.2, 0.25) is 0 Å². The maximum absolute atomic E-state index is 13.2. The largest absolute Gasteiger partial charge is 0.495 e. The predicted octanol–water partition coefficient (Wildman–Crippen LogP) is 1.24. The van der Waals surface area contributed by atoms with Crippen LogP contribution in [-0.4, -0.2) is 46.5 Å². The molecule has 10 heteroatoms. The Morgan fingerprint density at radius 2 is 2.00 bits per heavy atom. The number of alkyl halides is 2. The molecule has 1 aliphatic carbocycles. The summed E-state index contributed by atoms with van der Waals surface area (Å²) < 4.78 is 59.3. The number of benzene rings is 1. The van der Waals surface area contributed by atoms with Crippen LogP contribution in [0.4, 0.5) is 8.78 Å². The van der Waals surface area contributed by atoms with Crippen molar-refractivity contribution in [3.05, 3.63) is 23.8 Å². The lowest BCUT2D eigenvalue weighted by molar-refractivity contribution is 0.0118. The molecule has 146 valence electrons. The van der Waals surface area contributed by atoms with E-state index in [0.717, 1.165) is 31.7 Å². The molecule has 1 aromatic carbocycles. The van der Waals surface area contributed by atoms with Gasteiger partial charge in [-0.3, -0.25) is 4.79 Å². The van der Waals surface area contributed by atoms with Gasteiger partial charge in [-0.05, 0) is 31.0 Å². The second-order valence-corrected chi connectivity index (χ2v) is 7.89. The van der Waals surface area contributed by atoms with Crippen LogP contribution < -0.4 is 20.5 Å². The lowest BCUT2D eigenvalue weighted by Gasteiger charge is -2.17. The molecule has 1 saturated carbocycles. The molecule has 26 heavy (non-hydrogen) atoms. The molecule has 1 fully saturated rings. The first-order chi connectivity index (χ1) is 12.2. The van der Waals surface area contributed by atoms with Crippen molar-refractivity contribution in [2.45, 2.75) is 42.5 Å². The molecule has 0 saturated heterocycles. The van der Waals surface area contributed by atoms with Gasteiger partial charge in [-0.2, -0.15) is 0 Å². The van der Waals surface area contributed by atoms with Gasteiger partial charge in [-0.1, -0.05) is 12.8 Å². The normalized spacial score (nSPS) is 15.8. The molecule has 4 N–H and O–H groups in total. The Hall–Kier alpha value is -1.78. The molecule has 0 atom stereocenters. The highest BCUT2D eigenvalue weighted by Gasteiger charge is 2.29. The molecule has 0 unspecified atom stereocenters. The minimum atomic E-state index is -3.91. The standard InChI is InChI=1S/C16H23F2N3O4S/c1-25-13-7-6-11(15(22)20-10-16(17,18)9-19)8-14(13)26(23,24)21-12-4-2-3-5-12/h6-8,12,21H,2-5,9-10,19H2,1H3,(H,20,22). The van der Waals surface area contributed by atoms with Crippen LogP contribution in [0.5, 0.6) is 5.75 Å². The first kappa shape index (κ1) is 20.5. The lowest BCUT2D eigenvalue weighted by Crippen LogP contribution is -2.41. The summed E-state index contributed by atoms with van der Waals surface area (Å²) in [6.07, 6.45) is 3.38. The van der Waals surface area contributed by atoms with E-state index in [0.29, 0.717) is 0 Å². The number of carbonyl (C=O) groups is 1. The number of hydrogen-bond donors (Lipinski definition) is 3. The summed E-state index contributed by atoms with van der Waals surface area (Å²) in [5.41, 5.74) is 4.86. The van der Waals surface area contributed by atoms with Crippen molar-refractivity contribution in [1.29, 1.82) is 0 Å². The molecule has 0 radical (unpaired) electrons. The molecule has 0 spiro atoms. The Morgan fingerprint density at radius 3 is 2.58 bits per heavy atom. The average molecular weight is 391 g/mol. The van der Waals surface area contributed by atoms with Crippen LogP contribution in [0, 0.1) is 0 Å². The van der Waals surface area contributed by atoms with Crippen LogP contribution in [0.25, 0.3) is 0 Å². The van der Waals surface area contributed by atoms with Gasteiger partial charge in [-0.15, -0.1) is 0 Å². The molecule has 0 heterocycles. The molecule has 0 aromatic heterocycles. The SMILES string of the molecule is COc1ccc(C(=O)NCC(F)(F)CN)cc1S(=O)(=O)NC1CCCC1. The smallest absolute Gasteiger partial charge is 0.277 e. The summed E-state index contributed by atoms with van der Waals surface area (Å²) in [6.45, 7) is -1.84. The van der Waals surface area contributed by atoms with Crippen LogP contribution in [0.15, 0.2) is 23.1 Å². The zero-order valence-electron chi connectivity index (χ0n) is 14.4. The first-order valence-electron chi connectivity index (χ1n) is 8.25. The van der Waals surface area contributed by atoms with Crippen LogP contribution in [0.3, 0.4) is 0 Å². The third kappa shape index (κ3) is 5.12. The summed E-state index contributed by atoms with van der Waals surface area (Å²) in [7, 11) is -2.60. The number of rotatable bonds is 8. The Labute approximate surface area is 151 Å². The number of methoxy groups -OCH3 is 1. The van der Waals surface area contributed by atoms with E-state index in [4.69, 9.17) is 10.5 Å². The number of amides is 1. The Balaban J connectivity index is 2.23. The minimum absolute atomic E-state index is 0.0644.